The molecule has 6 heteroatoms. The van der Waals surface area contributed by atoms with Crippen LogP contribution in [-0.4, -0.2) is 64.8 Å². The number of aromatic nitrogens is 2. The Morgan fingerprint density at radius 3 is 2.29 bits per heavy atom. The lowest BCUT2D eigenvalue weighted by Crippen LogP contribution is -2.47. The van der Waals surface area contributed by atoms with Gasteiger partial charge in [-0.15, -0.1) is 0 Å². The van der Waals surface area contributed by atoms with Crippen molar-refractivity contribution in [2.24, 2.45) is 11.3 Å². The van der Waals surface area contributed by atoms with E-state index >= 15 is 0 Å². The zero-order valence-electron chi connectivity index (χ0n) is 22.5. The highest BCUT2D eigenvalue weighted by Gasteiger charge is 2.28. The number of anilines is 1. The minimum atomic E-state index is -0.0320. The van der Waals surface area contributed by atoms with Gasteiger partial charge in [0, 0.05) is 44.7 Å². The van der Waals surface area contributed by atoms with Crippen LogP contribution < -0.4 is 4.90 Å². The third kappa shape index (κ3) is 6.84. The molecule has 0 bridgehead atoms. The summed E-state index contributed by atoms with van der Waals surface area (Å²) in [6, 6.07) is 10.4. The molecule has 2 heterocycles. The van der Waals surface area contributed by atoms with Gasteiger partial charge in [-0.25, -0.2) is 4.68 Å². The molecule has 0 saturated carbocycles. The van der Waals surface area contributed by atoms with Crippen LogP contribution in [0, 0.1) is 18.3 Å². The van der Waals surface area contributed by atoms with E-state index in [4.69, 9.17) is 5.10 Å². The average Bonchev–Trinajstić information content (AvgIpc) is 3.11. The molecule has 1 aromatic heterocycles. The molecule has 0 N–H and O–H groups in total. The van der Waals surface area contributed by atoms with Crippen molar-refractivity contribution in [3.63, 3.8) is 0 Å². The second-order valence-electron chi connectivity index (χ2n) is 11.3. The normalized spacial score (nSPS) is 15.2. The van der Waals surface area contributed by atoms with Crippen LogP contribution in [-0.2, 0) is 11.3 Å². The van der Waals surface area contributed by atoms with Crippen LogP contribution in [0.2, 0.25) is 0 Å². The molecule has 2 aromatic rings. The fourth-order valence-corrected chi connectivity index (χ4v) is 4.54. The van der Waals surface area contributed by atoms with Crippen molar-refractivity contribution in [1.82, 2.24) is 19.6 Å². The number of carbonyl (C=O) groups is 1. The van der Waals surface area contributed by atoms with Crippen LogP contribution in [0.25, 0.3) is 5.69 Å². The Morgan fingerprint density at radius 1 is 1.09 bits per heavy atom. The van der Waals surface area contributed by atoms with Crippen LogP contribution in [0.1, 0.15) is 65.6 Å². The fourth-order valence-electron chi connectivity index (χ4n) is 4.54. The molecule has 1 aliphatic rings. The second-order valence-corrected chi connectivity index (χ2v) is 11.3. The van der Waals surface area contributed by atoms with E-state index in [9.17, 15) is 4.79 Å². The highest BCUT2D eigenvalue weighted by Crippen LogP contribution is 2.31. The third-order valence-electron chi connectivity index (χ3n) is 6.64. The maximum atomic E-state index is 13.4. The van der Waals surface area contributed by atoms with Crippen molar-refractivity contribution in [3.8, 4) is 5.69 Å². The predicted molar refractivity (Wildman–Crippen MR) is 142 cm³/mol. The van der Waals surface area contributed by atoms with Gasteiger partial charge in [0.25, 0.3) is 0 Å². The molecule has 1 saturated heterocycles. The first-order valence-corrected chi connectivity index (χ1v) is 13.0. The van der Waals surface area contributed by atoms with E-state index in [1.807, 2.05) is 6.07 Å². The summed E-state index contributed by atoms with van der Waals surface area (Å²) in [4.78, 5) is 20.5. The van der Waals surface area contributed by atoms with Crippen LogP contribution in [0.3, 0.4) is 0 Å². The number of hydrogen-bond donors (Lipinski definition) is 0. The van der Waals surface area contributed by atoms with Crippen molar-refractivity contribution in [1.29, 1.82) is 0 Å². The van der Waals surface area contributed by atoms with E-state index in [2.05, 4.69) is 92.1 Å². The SMILES string of the molecule is CCN1CCN(c2c(CN(CCC(C)C)C(=O)CC(C)(C)C)c(C)nn2-c2ccccc2)CC1. The van der Waals surface area contributed by atoms with E-state index in [1.54, 1.807) is 0 Å². The zero-order chi connectivity index (χ0) is 24.9. The minimum absolute atomic E-state index is 0.0320. The Kier molecular flexibility index (Phi) is 8.80. The molecule has 0 spiro atoms. The van der Waals surface area contributed by atoms with E-state index in [0.717, 1.165) is 62.9 Å². The van der Waals surface area contributed by atoms with Gasteiger partial charge >= 0.3 is 0 Å². The summed E-state index contributed by atoms with van der Waals surface area (Å²) in [5.74, 6) is 1.94. The molecule has 3 rings (SSSR count). The minimum Gasteiger partial charge on any atom is -0.354 e. The number of rotatable bonds is 9. The van der Waals surface area contributed by atoms with Crippen LogP contribution in [0.4, 0.5) is 5.82 Å². The van der Waals surface area contributed by atoms with Crippen molar-refractivity contribution < 1.29 is 4.79 Å². The van der Waals surface area contributed by atoms with Crippen molar-refractivity contribution >= 4 is 11.7 Å². The van der Waals surface area contributed by atoms with Gasteiger partial charge in [-0.1, -0.05) is 59.7 Å². The van der Waals surface area contributed by atoms with Gasteiger partial charge in [0.1, 0.15) is 5.82 Å². The Morgan fingerprint density at radius 2 is 1.74 bits per heavy atom. The third-order valence-corrected chi connectivity index (χ3v) is 6.64. The number of piperazine rings is 1. The molecule has 188 valence electrons. The maximum Gasteiger partial charge on any atom is 0.223 e. The number of carbonyl (C=O) groups excluding carboxylic acids is 1. The van der Waals surface area contributed by atoms with Crippen LogP contribution >= 0.6 is 0 Å². The first kappa shape index (κ1) is 26.3. The number of nitrogens with zero attached hydrogens (tertiary/aromatic N) is 5. The van der Waals surface area contributed by atoms with Crippen molar-refractivity contribution in [2.45, 2.75) is 67.9 Å². The van der Waals surface area contributed by atoms with E-state index < -0.39 is 0 Å². The van der Waals surface area contributed by atoms with E-state index in [-0.39, 0.29) is 11.3 Å². The summed E-state index contributed by atoms with van der Waals surface area (Å²) in [6.45, 7) is 21.7. The van der Waals surface area contributed by atoms with Gasteiger partial charge in [0.05, 0.1) is 17.9 Å². The van der Waals surface area contributed by atoms with Crippen LogP contribution in [0.15, 0.2) is 30.3 Å². The molecule has 1 amide bonds. The smallest absolute Gasteiger partial charge is 0.223 e. The fraction of sp³-hybridized carbons (Fsp3) is 0.643. The first-order valence-electron chi connectivity index (χ1n) is 13.0. The maximum absolute atomic E-state index is 13.4. The largest absolute Gasteiger partial charge is 0.354 e. The molecular weight excluding hydrogens is 422 g/mol. The zero-order valence-corrected chi connectivity index (χ0v) is 22.5. The Labute approximate surface area is 206 Å². The Balaban J connectivity index is 1.99. The Hall–Kier alpha value is -2.34. The molecular formula is C28H45N5O. The van der Waals surface area contributed by atoms with Crippen molar-refractivity contribution in [2.75, 3.05) is 44.2 Å². The lowest BCUT2D eigenvalue weighted by molar-refractivity contribution is -0.133. The van der Waals surface area contributed by atoms with Gasteiger partial charge in [-0.05, 0) is 43.4 Å². The lowest BCUT2D eigenvalue weighted by atomic mass is 9.91. The second kappa shape index (κ2) is 11.4. The summed E-state index contributed by atoms with van der Waals surface area (Å²) < 4.78 is 2.10. The first-order chi connectivity index (χ1) is 16.1. The number of para-hydroxylation sites is 1. The van der Waals surface area contributed by atoms with E-state index in [0.29, 0.717) is 18.9 Å². The number of amides is 1. The summed E-state index contributed by atoms with van der Waals surface area (Å²) >= 11 is 0. The van der Waals surface area contributed by atoms with Gasteiger partial charge < -0.3 is 14.7 Å². The molecule has 1 aliphatic heterocycles. The molecule has 34 heavy (non-hydrogen) atoms. The monoisotopic (exact) mass is 467 g/mol. The molecule has 6 nitrogen and oxygen atoms in total. The summed E-state index contributed by atoms with van der Waals surface area (Å²) in [7, 11) is 0. The lowest BCUT2D eigenvalue weighted by Gasteiger charge is -2.36. The molecule has 0 aliphatic carbocycles. The number of benzene rings is 1. The van der Waals surface area contributed by atoms with Crippen molar-refractivity contribution in [3.05, 3.63) is 41.6 Å². The predicted octanol–water partition coefficient (Wildman–Crippen LogP) is 5.13. The molecule has 0 radical (unpaired) electrons. The van der Waals surface area contributed by atoms with Gasteiger partial charge in [0.15, 0.2) is 0 Å². The Bertz CT molecular complexity index is 920. The molecule has 1 fully saturated rings. The standard InChI is InChI=1S/C28H45N5O/c1-8-30-16-18-31(19-17-30)27-25(23(4)29-33(27)24-12-10-9-11-13-24)21-32(15-14-22(2)3)26(34)20-28(5,6)7/h9-13,22H,8,14-21H2,1-7H3. The molecule has 0 atom stereocenters. The molecule has 0 unspecified atom stereocenters. The van der Waals surface area contributed by atoms with Gasteiger partial charge in [0.2, 0.25) is 5.91 Å². The molecule has 1 aromatic carbocycles. The number of hydrogen-bond acceptors (Lipinski definition) is 4. The highest BCUT2D eigenvalue weighted by molar-refractivity contribution is 5.77. The topological polar surface area (TPSA) is 44.6 Å². The summed E-state index contributed by atoms with van der Waals surface area (Å²) in [5, 5.41) is 5.00. The average molecular weight is 468 g/mol. The van der Waals surface area contributed by atoms with Crippen LogP contribution in [0.5, 0.6) is 0 Å². The number of likely N-dealkylation sites (N-methyl/N-ethyl adjacent to an activating group) is 1. The highest BCUT2D eigenvalue weighted by atomic mass is 16.2. The van der Waals surface area contributed by atoms with E-state index in [1.165, 1.54) is 5.56 Å². The quantitative estimate of drug-likeness (QED) is 0.513. The summed E-state index contributed by atoms with van der Waals surface area (Å²) in [5.41, 5.74) is 3.23. The van der Waals surface area contributed by atoms with Gasteiger partial charge in [-0.3, -0.25) is 4.79 Å². The van der Waals surface area contributed by atoms with Gasteiger partial charge in [-0.2, -0.15) is 5.10 Å². The summed E-state index contributed by atoms with van der Waals surface area (Å²) in [6.07, 6.45) is 1.56. The number of aryl methyl sites for hydroxylation is 1.